The van der Waals surface area contributed by atoms with Gasteiger partial charge in [-0.25, -0.2) is 9.18 Å². The summed E-state index contributed by atoms with van der Waals surface area (Å²) in [5, 5.41) is 2.82. The third-order valence-electron chi connectivity index (χ3n) is 4.81. The van der Waals surface area contributed by atoms with Gasteiger partial charge < -0.3 is 19.9 Å². The summed E-state index contributed by atoms with van der Waals surface area (Å²) >= 11 is 0. The Kier molecular flexibility index (Phi) is 7.59. The number of rotatable bonds is 6. The van der Waals surface area contributed by atoms with Crippen molar-refractivity contribution in [2.45, 2.75) is 52.4 Å². The molecule has 150 valence electrons. The van der Waals surface area contributed by atoms with Crippen molar-refractivity contribution in [2.24, 2.45) is 0 Å². The van der Waals surface area contributed by atoms with E-state index in [1.54, 1.807) is 21.9 Å². The van der Waals surface area contributed by atoms with E-state index in [1.807, 2.05) is 27.7 Å². The van der Waals surface area contributed by atoms with Gasteiger partial charge in [-0.2, -0.15) is 0 Å². The fraction of sp³-hybridized carbons (Fsp3) is 0.600. The Labute approximate surface area is 160 Å². The van der Waals surface area contributed by atoms with Crippen molar-refractivity contribution in [3.63, 3.8) is 0 Å². The van der Waals surface area contributed by atoms with Crippen LogP contribution in [0.1, 0.15) is 45.7 Å². The Balaban J connectivity index is 1.84. The highest BCUT2D eigenvalue weighted by molar-refractivity contribution is 5.78. The predicted molar refractivity (Wildman–Crippen MR) is 102 cm³/mol. The van der Waals surface area contributed by atoms with Crippen LogP contribution in [0.15, 0.2) is 24.3 Å². The lowest BCUT2D eigenvalue weighted by Crippen LogP contribution is -2.49. The summed E-state index contributed by atoms with van der Waals surface area (Å²) in [6.07, 6.45) is 0.312. The number of carbonyl (C=O) groups excluding carboxylic acids is 2. The summed E-state index contributed by atoms with van der Waals surface area (Å²) in [6.45, 7) is 9.65. The highest BCUT2D eigenvalue weighted by Crippen LogP contribution is 2.20. The lowest BCUT2D eigenvalue weighted by molar-refractivity contribution is -0.143. The van der Waals surface area contributed by atoms with E-state index >= 15 is 0 Å². The number of urea groups is 1. The standard InChI is InChI=1S/C20H30FN3O3/c1-5-24(16(4)17-6-8-18(21)9-7-17)20(26)22-11-10-19(25)23-12-14(2)27-15(3)13-23/h6-9,14-16H,5,10-13H2,1-4H3,(H,22,26). The number of nitrogens with one attached hydrogen (secondary N) is 1. The minimum atomic E-state index is -0.302. The minimum absolute atomic E-state index is 0.0203. The van der Waals surface area contributed by atoms with E-state index in [9.17, 15) is 14.0 Å². The second-order valence-corrected chi connectivity index (χ2v) is 7.05. The van der Waals surface area contributed by atoms with E-state index in [2.05, 4.69) is 5.32 Å². The zero-order valence-corrected chi connectivity index (χ0v) is 16.6. The number of hydrogen-bond acceptors (Lipinski definition) is 3. The first-order chi connectivity index (χ1) is 12.8. The molecular formula is C20H30FN3O3. The number of morpholine rings is 1. The highest BCUT2D eigenvalue weighted by Gasteiger charge is 2.26. The molecule has 1 aliphatic rings. The van der Waals surface area contributed by atoms with Crippen molar-refractivity contribution in [3.8, 4) is 0 Å². The summed E-state index contributed by atoms with van der Waals surface area (Å²) < 4.78 is 18.7. The van der Waals surface area contributed by atoms with Gasteiger partial charge >= 0.3 is 6.03 Å². The third kappa shape index (κ3) is 5.92. The van der Waals surface area contributed by atoms with Gasteiger partial charge in [0, 0.05) is 32.6 Å². The molecule has 1 saturated heterocycles. The molecule has 0 spiro atoms. The second-order valence-electron chi connectivity index (χ2n) is 7.05. The van der Waals surface area contributed by atoms with Gasteiger partial charge in [-0.3, -0.25) is 4.79 Å². The molecule has 3 amide bonds. The first kappa shape index (κ1) is 21.2. The summed E-state index contributed by atoms with van der Waals surface area (Å²) in [6, 6.07) is 5.72. The van der Waals surface area contributed by atoms with E-state index in [0.717, 1.165) is 5.56 Å². The van der Waals surface area contributed by atoms with Gasteiger partial charge in [0.05, 0.1) is 18.2 Å². The minimum Gasteiger partial charge on any atom is -0.372 e. The first-order valence-electron chi connectivity index (χ1n) is 9.55. The van der Waals surface area contributed by atoms with Crippen molar-refractivity contribution in [2.75, 3.05) is 26.2 Å². The van der Waals surface area contributed by atoms with Gasteiger partial charge in [0.25, 0.3) is 0 Å². The van der Waals surface area contributed by atoms with Crippen LogP contribution in [0.25, 0.3) is 0 Å². The zero-order chi connectivity index (χ0) is 20.0. The number of nitrogens with zero attached hydrogens (tertiary/aromatic N) is 2. The fourth-order valence-electron chi connectivity index (χ4n) is 3.43. The maximum absolute atomic E-state index is 13.1. The quantitative estimate of drug-likeness (QED) is 0.827. The molecule has 1 N–H and O–H groups in total. The largest absolute Gasteiger partial charge is 0.372 e. The van der Waals surface area contributed by atoms with Crippen molar-refractivity contribution >= 4 is 11.9 Å². The Hall–Kier alpha value is -2.15. The molecule has 1 fully saturated rings. The molecule has 27 heavy (non-hydrogen) atoms. The molecule has 3 atom stereocenters. The van der Waals surface area contributed by atoms with Gasteiger partial charge in [-0.15, -0.1) is 0 Å². The van der Waals surface area contributed by atoms with Crippen molar-refractivity contribution in [1.29, 1.82) is 0 Å². The van der Waals surface area contributed by atoms with Crippen LogP contribution < -0.4 is 5.32 Å². The van der Waals surface area contributed by atoms with Crippen LogP contribution in [0, 0.1) is 5.82 Å². The Bertz CT molecular complexity index is 628. The second kappa shape index (κ2) is 9.69. The maximum atomic E-state index is 13.1. The van der Waals surface area contributed by atoms with Crippen LogP contribution in [0.5, 0.6) is 0 Å². The van der Waals surface area contributed by atoms with Crippen LogP contribution in [0.2, 0.25) is 0 Å². The molecule has 7 heteroatoms. The molecule has 1 heterocycles. The van der Waals surface area contributed by atoms with E-state index in [0.29, 0.717) is 19.6 Å². The molecule has 0 saturated carbocycles. The lowest BCUT2D eigenvalue weighted by atomic mass is 10.1. The molecule has 3 unspecified atom stereocenters. The van der Waals surface area contributed by atoms with Gasteiger partial charge in [-0.05, 0) is 45.4 Å². The van der Waals surface area contributed by atoms with Crippen LogP contribution in [0.3, 0.4) is 0 Å². The lowest BCUT2D eigenvalue weighted by Gasteiger charge is -2.35. The molecule has 1 aromatic carbocycles. The molecule has 1 aliphatic heterocycles. The van der Waals surface area contributed by atoms with E-state index in [1.165, 1.54) is 12.1 Å². The van der Waals surface area contributed by atoms with E-state index < -0.39 is 0 Å². The van der Waals surface area contributed by atoms with Gasteiger partial charge in [0.15, 0.2) is 0 Å². The average Bonchev–Trinajstić information content (AvgIpc) is 2.62. The van der Waals surface area contributed by atoms with Crippen molar-refractivity contribution in [3.05, 3.63) is 35.6 Å². The molecule has 2 rings (SSSR count). The van der Waals surface area contributed by atoms with Gasteiger partial charge in [0.2, 0.25) is 5.91 Å². The normalized spacial score (nSPS) is 20.9. The molecule has 0 aliphatic carbocycles. The predicted octanol–water partition coefficient (Wildman–Crippen LogP) is 2.94. The maximum Gasteiger partial charge on any atom is 0.317 e. The van der Waals surface area contributed by atoms with Crippen molar-refractivity contribution < 1.29 is 18.7 Å². The molecule has 1 aromatic rings. The number of carbonyl (C=O) groups is 2. The zero-order valence-electron chi connectivity index (χ0n) is 16.6. The number of benzene rings is 1. The van der Waals surface area contributed by atoms with E-state index in [-0.39, 0.29) is 49.0 Å². The summed E-state index contributed by atoms with van der Waals surface area (Å²) in [5.41, 5.74) is 0.862. The number of hydrogen-bond donors (Lipinski definition) is 1. The number of amides is 3. The number of halogens is 1. The molecule has 0 bridgehead atoms. The van der Waals surface area contributed by atoms with Crippen LogP contribution in [-0.4, -0.2) is 60.1 Å². The Morgan fingerprint density at radius 1 is 1.26 bits per heavy atom. The Morgan fingerprint density at radius 2 is 1.85 bits per heavy atom. The molecule has 6 nitrogen and oxygen atoms in total. The SMILES string of the molecule is CCN(C(=O)NCCC(=O)N1CC(C)OC(C)C1)C(C)c1ccc(F)cc1. The first-order valence-corrected chi connectivity index (χ1v) is 9.55. The summed E-state index contributed by atoms with van der Waals surface area (Å²) in [4.78, 5) is 28.3. The van der Waals surface area contributed by atoms with Crippen LogP contribution in [-0.2, 0) is 9.53 Å². The van der Waals surface area contributed by atoms with Gasteiger partial charge in [0.1, 0.15) is 5.82 Å². The van der Waals surface area contributed by atoms with Crippen LogP contribution >= 0.6 is 0 Å². The summed E-state index contributed by atoms with van der Waals surface area (Å²) in [7, 11) is 0. The summed E-state index contributed by atoms with van der Waals surface area (Å²) in [5.74, 6) is -0.282. The number of ether oxygens (including phenoxy) is 1. The average molecular weight is 379 g/mol. The topological polar surface area (TPSA) is 61.9 Å². The molecular weight excluding hydrogens is 349 g/mol. The smallest absolute Gasteiger partial charge is 0.317 e. The van der Waals surface area contributed by atoms with Gasteiger partial charge in [-0.1, -0.05) is 12.1 Å². The van der Waals surface area contributed by atoms with Crippen LogP contribution in [0.4, 0.5) is 9.18 Å². The van der Waals surface area contributed by atoms with Crippen molar-refractivity contribution in [1.82, 2.24) is 15.1 Å². The third-order valence-corrected chi connectivity index (χ3v) is 4.81. The molecule has 0 radical (unpaired) electrons. The monoisotopic (exact) mass is 379 g/mol. The van der Waals surface area contributed by atoms with E-state index in [4.69, 9.17) is 4.74 Å². The fourth-order valence-corrected chi connectivity index (χ4v) is 3.43. The Morgan fingerprint density at radius 3 is 2.41 bits per heavy atom. The highest BCUT2D eigenvalue weighted by atomic mass is 19.1. The molecule has 0 aromatic heterocycles.